The molecule has 0 amide bonds. The van der Waals surface area contributed by atoms with Crippen LogP contribution in [0.5, 0.6) is 0 Å². The number of anilines is 1. The first-order chi connectivity index (χ1) is 12.6. The SMILES string of the molecule is COC(=O)c1cccc(N=Cc2ccc(N3CCOCC3)cc2C)c1C. The minimum atomic E-state index is -0.342. The predicted octanol–water partition coefficient (Wildman–Crippen LogP) is 3.68. The number of hydrogen-bond acceptors (Lipinski definition) is 5. The molecule has 2 aromatic carbocycles. The first-order valence-corrected chi connectivity index (χ1v) is 8.75. The summed E-state index contributed by atoms with van der Waals surface area (Å²) in [4.78, 5) is 18.7. The number of aliphatic imine (C=N–C) groups is 1. The summed E-state index contributed by atoms with van der Waals surface area (Å²) in [6.45, 7) is 7.37. The van der Waals surface area contributed by atoms with Crippen LogP contribution in [0.4, 0.5) is 11.4 Å². The quantitative estimate of drug-likeness (QED) is 0.622. The van der Waals surface area contributed by atoms with Gasteiger partial charge in [0.1, 0.15) is 0 Å². The standard InChI is InChI=1S/C21H24N2O3/c1-15-13-18(23-9-11-26-12-10-23)8-7-17(15)14-22-20-6-4-5-19(16(20)2)21(24)25-3/h4-8,13-14H,9-12H2,1-3H3. The van der Waals surface area contributed by atoms with Gasteiger partial charge in [-0.1, -0.05) is 12.1 Å². The maximum atomic E-state index is 11.8. The zero-order chi connectivity index (χ0) is 18.5. The molecule has 0 aromatic heterocycles. The number of rotatable bonds is 4. The van der Waals surface area contributed by atoms with Crippen LogP contribution < -0.4 is 4.90 Å². The highest BCUT2D eigenvalue weighted by atomic mass is 16.5. The van der Waals surface area contributed by atoms with Crippen LogP contribution in [0.2, 0.25) is 0 Å². The van der Waals surface area contributed by atoms with Gasteiger partial charge in [-0.15, -0.1) is 0 Å². The van der Waals surface area contributed by atoms with Crippen molar-refractivity contribution in [1.29, 1.82) is 0 Å². The summed E-state index contributed by atoms with van der Waals surface area (Å²) in [6.07, 6.45) is 1.85. The van der Waals surface area contributed by atoms with Gasteiger partial charge in [-0.25, -0.2) is 4.79 Å². The highest BCUT2D eigenvalue weighted by Gasteiger charge is 2.13. The molecule has 0 spiro atoms. The first-order valence-electron chi connectivity index (χ1n) is 8.75. The van der Waals surface area contributed by atoms with Crippen LogP contribution in [-0.2, 0) is 9.47 Å². The number of ether oxygens (including phenoxy) is 2. The molecule has 136 valence electrons. The van der Waals surface area contributed by atoms with E-state index in [2.05, 4.69) is 35.0 Å². The van der Waals surface area contributed by atoms with Crippen molar-refractivity contribution in [1.82, 2.24) is 0 Å². The van der Waals surface area contributed by atoms with Gasteiger partial charge in [0.2, 0.25) is 0 Å². The molecule has 0 bridgehead atoms. The van der Waals surface area contributed by atoms with Crippen LogP contribution >= 0.6 is 0 Å². The topological polar surface area (TPSA) is 51.1 Å². The van der Waals surface area contributed by atoms with E-state index in [0.29, 0.717) is 5.56 Å². The third kappa shape index (κ3) is 3.94. The average Bonchev–Trinajstić information content (AvgIpc) is 2.68. The van der Waals surface area contributed by atoms with Crippen LogP contribution in [0.15, 0.2) is 41.4 Å². The van der Waals surface area contributed by atoms with Crippen molar-refractivity contribution in [2.45, 2.75) is 13.8 Å². The lowest BCUT2D eigenvalue weighted by Gasteiger charge is -2.29. The summed E-state index contributed by atoms with van der Waals surface area (Å²) in [7, 11) is 1.39. The minimum Gasteiger partial charge on any atom is -0.465 e. The number of benzene rings is 2. The lowest BCUT2D eigenvalue weighted by Crippen LogP contribution is -2.36. The van der Waals surface area contributed by atoms with E-state index in [1.54, 1.807) is 6.07 Å². The van der Waals surface area contributed by atoms with Gasteiger partial charge in [-0.3, -0.25) is 4.99 Å². The first kappa shape index (κ1) is 18.1. The highest BCUT2D eigenvalue weighted by molar-refractivity contribution is 5.93. The number of carbonyl (C=O) groups excluding carboxylic acids is 1. The zero-order valence-electron chi connectivity index (χ0n) is 15.5. The van der Waals surface area contributed by atoms with E-state index in [0.717, 1.165) is 43.1 Å². The van der Waals surface area contributed by atoms with Gasteiger partial charge in [0.25, 0.3) is 0 Å². The highest BCUT2D eigenvalue weighted by Crippen LogP contribution is 2.24. The van der Waals surface area contributed by atoms with Gasteiger partial charge in [0.05, 0.1) is 31.6 Å². The Morgan fingerprint density at radius 2 is 1.96 bits per heavy atom. The molecule has 1 heterocycles. The molecule has 1 aliphatic heterocycles. The molecule has 0 unspecified atom stereocenters. The molecular weight excluding hydrogens is 328 g/mol. The van der Waals surface area contributed by atoms with Gasteiger partial charge in [-0.05, 0) is 54.8 Å². The minimum absolute atomic E-state index is 0.342. The Hall–Kier alpha value is -2.66. The van der Waals surface area contributed by atoms with Crippen molar-refractivity contribution in [3.8, 4) is 0 Å². The Balaban J connectivity index is 1.81. The molecular formula is C21H24N2O3. The fourth-order valence-electron chi connectivity index (χ4n) is 3.06. The maximum absolute atomic E-state index is 11.8. The second kappa shape index (κ2) is 8.15. The second-order valence-electron chi connectivity index (χ2n) is 6.34. The Labute approximate surface area is 154 Å². The lowest BCUT2D eigenvalue weighted by molar-refractivity contribution is 0.0600. The van der Waals surface area contributed by atoms with Gasteiger partial charge in [0, 0.05) is 25.0 Å². The molecule has 5 heteroatoms. The number of methoxy groups -OCH3 is 1. The second-order valence-corrected chi connectivity index (χ2v) is 6.34. The van der Waals surface area contributed by atoms with Crippen molar-refractivity contribution in [3.05, 3.63) is 58.7 Å². The Bertz CT molecular complexity index is 824. The molecule has 1 fully saturated rings. The van der Waals surface area contributed by atoms with Gasteiger partial charge < -0.3 is 14.4 Å². The maximum Gasteiger partial charge on any atom is 0.338 e. The van der Waals surface area contributed by atoms with E-state index in [9.17, 15) is 4.79 Å². The van der Waals surface area contributed by atoms with E-state index < -0.39 is 0 Å². The summed E-state index contributed by atoms with van der Waals surface area (Å²) in [5, 5.41) is 0. The van der Waals surface area contributed by atoms with Gasteiger partial charge in [0.15, 0.2) is 0 Å². The number of morpholine rings is 1. The van der Waals surface area contributed by atoms with E-state index in [4.69, 9.17) is 9.47 Å². The molecule has 0 atom stereocenters. The van der Waals surface area contributed by atoms with E-state index in [1.807, 2.05) is 25.3 Å². The molecule has 26 heavy (non-hydrogen) atoms. The Morgan fingerprint density at radius 3 is 2.65 bits per heavy atom. The molecule has 3 rings (SSSR count). The van der Waals surface area contributed by atoms with Gasteiger partial charge >= 0.3 is 5.97 Å². The largest absolute Gasteiger partial charge is 0.465 e. The number of nitrogens with zero attached hydrogens (tertiary/aromatic N) is 2. The van der Waals surface area contributed by atoms with Crippen molar-refractivity contribution < 1.29 is 14.3 Å². The average molecular weight is 352 g/mol. The van der Waals surface area contributed by atoms with E-state index in [-0.39, 0.29) is 5.97 Å². The third-order valence-electron chi connectivity index (χ3n) is 4.68. The van der Waals surface area contributed by atoms with Crippen molar-refractivity contribution in [2.24, 2.45) is 4.99 Å². The molecule has 0 N–H and O–H groups in total. The Morgan fingerprint density at radius 1 is 1.19 bits per heavy atom. The molecule has 0 aliphatic carbocycles. The lowest BCUT2D eigenvalue weighted by atomic mass is 10.1. The molecule has 0 saturated carbocycles. The third-order valence-corrected chi connectivity index (χ3v) is 4.68. The number of esters is 1. The van der Waals surface area contributed by atoms with Crippen LogP contribution in [0.1, 0.15) is 27.0 Å². The van der Waals surface area contributed by atoms with Crippen LogP contribution in [-0.4, -0.2) is 45.6 Å². The summed E-state index contributed by atoms with van der Waals surface area (Å²) in [5.41, 5.74) is 5.57. The summed E-state index contributed by atoms with van der Waals surface area (Å²) in [5.74, 6) is -0.342. The summed E-state index contributed by atoms with van der Waals surface area (Å²) in [6, 6.07) is 11.9. The molecule has 5 nitrogen and oxygen atoms in total. The number of aryl methyl sites for hydroxylation is 1. The van der Waals surface area contributed by atoms with Crippen molar-refractivity contribution in [2.75, 3.05) is 38.3 Å². The summed E-state index contributed by atoms with van der Waals surface area (Å²) >= 11 is 0. The van der Waals surface area contributed by atoms with E-state index in [1.165, 1.54) is 18.4 Å². The van der Waals surface area contributed by atoms with Crippen LogP contribution in [0.3, 0.4) is 0 Å². The molecule has 0 radical (unpaired) electrons. The summed E-state index contributed by atoms with van der Waals surface area (Å²) < 4.78 is 10.2. The molecule has 1 aliphatic rings. The van der Waals surface area contributed by atoms with E-state index >= 15 is 0 Å². The van der Waals surface area contributed by atoms with Gasteiger partial charge in [-0.2, -0.15) is 0 Å². The number of hydrogen-bond donors (Lipinski definition) is 0. The monoisotopic (exact) mass is 352 g/mol. The molecule has 1 saturated heterocycles. The smallest absolute Gasteiger partial charge is 0.338 e. The van der Waals surface area contributed by atoms with Crippen LogP contribution in [0, 0.1) is 13.8 Å². The van der Waals surface area contributed by atoms with Crippen molar-refractivity contribution >= 4 is 23.6 Å². The molecule has 2 aromatic rings. The predicted molar refractivity (Wildman–Crippen MR) is 104 cm³/mol. The Kier molecular flexibility index (Phi) is 5.68. The fourth-order valence-corrected chi connectivity index (χ4v) is 3.06. The number of carbonyl (C=O) groups is 1. The normalized spacial score (nSPS) is 14.7. The van der Waals surface area contributed by atoms with Crippen molar-refractivity contribution in [3.63, 3.8) is 0 Å². The van der Waals surface area contributed by atoms with Crippen LogP contribution in [0.25, 0.3) is 0 Å². The zero-order valence-corrected chi connectivity index (χ0v) is 15.5. The fraction of sp³-hybridized carbons (Fsp3) is 0.333.